The van der Waals surface area contributed by atoms with E-state index in [4.69, 9.17) is 14.2 Å². The van der Waals surface area contributed by atoms with E-state index in [2.05, 4.69) is 6.92 Å². The molecule has 0 radical (unpaired) electrons. The number of hydrogen-bond donors (Lipinski definition) is 1. The second-order valence-electron chi connectivity index (χ2n) is 4.09. The number of rotatable bonds is 8. The average Bonchev–Trinajstić information content (AvgIpc) is 2.40. The lowest BCUT2D eigenvalue weighted by Crippen LogP contribution is -1.98. The van der Waals surface area contributed by atoms with Gasteiger partial charge in [-0.2, -0.15) is 0 Å². The van der Waals surface area contributed by atoms with Crippen LogP contribution in [-0.2, 0) is 0 Å². The van der Waals surface area contributed by atoms with Gasteiger partial charge >= 0.3 is 0 Å². The molecule has 0 atom stereocenters. The summed E-state index contributed by atoms with van der Waals surface area (Å²) in [6.45, 7) is 2.84. The van der Waals surface area contributed by atoms with E-state index < -0.39 is 0 Å². The number of phenolic OH excluding ortho intramolecular Hbond substituents is 1. The number of aromatic hydroxyl groups is 1. The minimum absolute atomic E-state index is 0.00154. The standard InChI is InChI=1S/C14H22O4/c1-4-5-6-7-8-18-11-9-12(16-2)14(15)13(10-11)17-3/h9-10,15H,4-8H2,1-3H3. The monoisotopic (exact) mass is 254 g/mol. The normalized spacial score (nSPS) is 10.2. The van der Waals surface area contributed by atoms with Gasteiger partial charge in [0.25, 0.3) is 0 Å². The zero-order chi connectivity index (χ0) is 13.4. The van der Waals surface area contributed by atoms with Crippen LogP contribution in [0, 0.1) is 0 Å². The van der Waals surface area contributed by atoms with Crippen LogP contribution in [0.4, 0.5) is 0 Å². The minimum atomic E-state index is -0.00154. The second-order valence-corrected chi connectivity index (χ2v) is 4.09. The molecular formula is C14H22O4. The van der Waals surface area contributed by atoms with Gasteiger partial charge < -0.3 is 19.3 Å². The van der Waals surface area contributed by atoms with Crippen molar-refractivity contribution in [3.63, 3.8) is 0 Å². The van der Waals surface area contributed by atoms with E-state index in [0.717, 1.165) is 6.42 Å². The molecule has 0 unspecified atom stereocenters. The first-order valence-electron chi connectivity index (χ1n) is 6.30. The minimum Gasteiger partial charge on any atom is -0.502 e. The molecule has 4 heteroatoms. The van der Waals surface area contributed by atoms with Gasteiger partial charge in [-0.05, 0) is 6.42 Å². The maximum Gasteiger partial charge on any atom is 0.201 e. The first kappa shape index (κ1) is 14.5. The predicted molar refractivity (Wildman–Crippen MR) is 70.8 cm³/mol. The summed E-state index contributed by atoms with van der Waals surface area (Å²) >= 11 is 0. The Morgan fingerprint density at radius 2 is 1.61 bits per heavy atom. The van der Waals surface area contributed by atoms with Crippen LogP contribution in [0.2, 0.25) is 0 Å². The molecule has 0 aromatic heterocycles. The van der Waals surface area contributed by atoms with Crippen molar-refractivity contribution >= 4 is 0 Å². The highest BCUT2D eigenvalue weighted by atomic mass is 16.5. The molecule has 1 aromatic carbocycles. The Bertz CT molecular complexity index is 338. The first-order chi connectivity index (χ1) is 8.72. The van der Waals surface area contributed by atoms with Crippen molar-refractivity contribution in [3.05, 3.63) is 12.1 Å². The summed E-state index contributed by atoms with van der Waals surface area (Å²) in [5.41, 5.74) is 0. The van der Waals surface area contributed by atoms with Crippen LogP contribution >= 0.6 is 0 Å². The van der Waals surface area contributed by atoms with Crippen molar-refractivity contribution in [2.24, 2.45) is 0 Å². The Balaban J connectivity index is 2.60. The maximum absolute atomic E-state index is 9.75. The topological polar surface area (TPSA) is 47.9 Å². The SMILES string of the molecule is CCCCCCOc1cc(OC)c(O)c(OC)c1. The Morgan fingerprint density at radius 3 is 2.11 bits per heavy atom. The highest BCUT2D eigenvalue weighted by Crippen LogP contribution is 2.39. The number of phenols is 1. The van der Waals surface area contributed by atoms with Crippen LogP contribution in [-0.4, -0.2) is 25.9 Å². The van der Waals surface area contributed by atoms with E-state index >= 15 is 0 Å². The Hall–Kier alpha value is -1.58. The molecule has 0 aliphatic rings. The van der Waals surface area contributed by atoms with E-state index in [1.165, 1.54) is 33.5 Å². The van der Waals surface area contributed by atoms with Crippen molar-refractivity contribution in [2.75, 3.05) is 20.8 Å². The van der Waals surface area contributed by atoms with Gasteiger partial charge in [-0.3, -0.25) is 0 Å². The highest BCUT2D eigenvalue weighted by Gasteiger charge is 2.11. The average molecular weight is 254 g/mol. The molecule has 0 bridgehead atoms. The number of benzene rings is 1. The van der Waals surface area contributed by atoms with Crippen LogP contribution in [0.3, 0.4) is 0 Å². The van der Waals surface area contributed by atoms with Crippen molar-refractivity contribution in [3.8, 4) is 23.0 Å². The molecule has 18 heavy (non-hydrogen) atoms. The molecule has 4 nitrogen and oxygen atoms in total. The summed E-state index contributed by atoms with van der Waals surface area (Å²) in [6.07, 6.45) is 4.63. The molecule has 102 valence electrons. The molecule has 0 saturated heterocycles. The molecule has 0 fully saturated rings. The Morgan fingerprint density at radius 1 is 1.00 bits per heavy atom. The Kier molecular flexibility index (Phi) is 6.19. The van der Waals surface area contributed by atoms with Crippen molar-refractivity contribution in [2.45, 2.75) is 32.6 Å². The Labute approximate surface area is 108 Å². The van der Waals surface area contributed by atoms with Crippen LogP contribution in [0.15, 0.2) is 12.1 Å². The zero-order valence-corrected chi connectivity index (χ0v) is 11.4. The van der Waals surface area contributed by atoms with Crippen molar-refractivity contribution in [1.82, 2.24) is 0 Å². The molecule has 0 spiro atoms. The molecule has 1 rings (SSSR count). The van der Waals surface area contributed by atoms with Gasteiger partial charge in [-0.25, -0.2) is 0 Å². The third kappa shape index (κ3) is 4.02. The van der Waals surface area contributed by atoms with Gasteiger partial charge in [0.2, 0.25) is 5.75 Å². The smallest absolute Gasteiger partial charge is 0.201 e. The molecular weight excluding hydrogens is 232 g/mol. The summed E-state index contributed by atoms with van der Waals surface area (Å²) in [5.74, 6) is 1.37. The van der Waals surface area contributed by atoms with E-state index in [1.807, 2.05) is 0 Å². The number of ether oxygens (including phenoxy) is 3. The fourth-order valence-electron chi connectivity index (χ4n) is 1.67. The van der Waals surface area contributed by atoms with E-state index in [-0.39, 0.29) is 5.75 Å². The third-order valence-electron chi connectivity index (χ3n) is 2.72. The lowest BCUT2D eigenvalue weighted by molar-refractivity contribution is 0.294. The zero-order valence-electron chi connectivity index (χ0n) is 11.4. The molecule has 0 saturated carbocycles. The lowest BCUT2D eigenvalue weighted by atomic mass is 10.2. The molecule has 0 heterocycles. The fourth-order valence-corrected chi connectivity index (χ4v) is 1.67. The summed E-state index contributed by atoms with van der Waals surface area (Å²) in [5, 5.41) is 9.75. The maximum atomic E-state index is 9.75. The van der Waals surface area contributed by atoms with Crippen molar-refractivity contribution < 1.29 is 19.3 Å². The second kappa shape index (κ2) is 7.69. The third-order valence-corrected chi connectivity index (χ3v) is 2.72. The fraction of sp³-hybridized carbons (Fsp3) is 0.571. The molecule has 0 amide bonds. The van der Waals surface area contributed by atoms with E-state index in [9.17, 15) is 5.11 Å². The summed E-state index contributed by atoms with van der Waals surface area (Å²) in [7, 11) is 3.00. The van der Waals surface area contributed by atoms with Gasteiger partial charge in [0, 0.05) is 12.1 Å². The first-order valence-corrected chi connectivity index (χ1v) is 6.30. The van der Waals surface area contributed by atoms with Gasteiger partial charge in [0.1, 0.15) is 5.75 Å². The lowest BCUT2D eigenvalue weighted by Gasteiger charge is -2.12. The van der Waals surface area contributed by atoms with Crippen LogP contribution < -0.4 is 14.2 Å². The van der Waals surface area contributed by atoms with Gasteiger partial charge in [-0.15, -0.1) is 0 Å². The van der Waals surface area contributed by atoms with Crippen LogP contribution in [0.5, 0.6) is 23.0 Å². The predicted octanol–water partition coefficient (Wildman–Crippen LogP) is 3.37. The van der Waals surface area contributed by atoms with Gasteiger partial charge in [0.05, 0.1) is 20.8 Å². The molecule has 0 aliphatic carbocycles. The van der Waals surface area contributed by atoms with Crippen LogP contribution in [0.1, 0.15) is 32.6 Å². The summed E-state index contributed by atoms with van der Waals surface area (Å²) in [6, 6.07) is 3.33. The van der Waals surface area contributed by atoms with Crippen molar-refractivity contribution in [1.29, 1.82) is 0 Å². The largest absolute Gasteiger partial charge is 0.502 e. The number of unbranched alkanes of at least 4 members (excludes halogenated alkanes) is 3. The number of hydrogen-bond acceptors (Lipinski definition) is 4. The van der Waals surface area contributed by atoms with Gasteiger partial charge in [-0.1, -0.05) is 26.2 Å². The van der Waals surface area contributed by atoms with E-state index in [1.54, 1.807) is 12.1 Å². The highest BCUT2D eigenvalue weighted by molar-refractivity contribution is 5.54. The molecule has 0 aliphatic heterocycles. The number of methoxy groups -OCH3 is 2. The van der Waals surface area contributed by atoms with E-state index in [0.29, 0.717) is 23.9 Å². The quantitative estimate of drug-likeness (QED) is 0.722. The molecule has 1 aromatic rings. The van der Waals surface area contributed by atoms with Crippen LogP contribution in [0.25, 0.3) is 0 Å². The summed E-state index contributed by atoms with van der Waals surface area (Å²) in [4.78, 5) is 0. The molecule has 1 N–H and O–H groups in total. The van der Waals surface area contributed by atoms with Gasteiger partial charge in [0.15, 0.2) is 11.5 Å². The summed E-state index contributed by atoms with van der Waals surface area (Å²) < 4.78 is 15.7.